The van der Waals surface area contributed by atoms with Gasteiger partial charge in [-0.25, -0.2) is 5.14 Å². The highest BCUT2D eigenvalue weighted by Crippen LogP contribution is 2.30. The zero-order valence-electron chi connectivity index (χ0n) is 7.47. The minimum Gasteiger partial charge on any atom is -0.399 e. The summed E-state index contributed by atoms with van der Waals surface area (Å²) in [5.41, 5.74) is 7.80. The highest BCUT2D eigenvalue weighted by molar-refractivity contribution is 7.90. The number of anilines is 2. The summed E-state index contributed by atoms with van der Waals surface area (Å²) in [6.45, 7) is 0.400. The fraction of sp³-hybridized carbons (Fsp3) is 0.250. The van der Waals surface area contributed by atoms with E-state index in [2.05, 4.69) is 0 Å². The van der Waals surface area contributed by atoms with E-state index in [0.717, 1.165) is 5.56 Å². The zero-order chi connectivity index (χ0) is 10.3. The molecule has 0 saturated carbocycles. The van der Waals surface area contributed by atoms with Gasteiger partial charge in [0.15, 0.2) is 0 Å². The number of hydrogen-bond donors (Lipinski definition) is 2. The Morgan fingerprint density at radius 1 is 1.36 bits per heavy atom. The van der Waals surface area contributed by atoms with E-state index in [1.165, 1.54) is 4.31 Å². The van der Waals surface area contributed by atoms with E-state index in [1.54, 1.807) is 18.2 Å². The van der Waals surface area contributed by atoms with Crippen molar-refractivity contribution in [2.24, 2.45) is 5.14 Å². The zero-order valence-corrected chi connectivity index (χ0v) is 8.29. The summed E-state index contributed by atoms with van der Waals surface area (Å²) in [6, 6.07) is 5.13. The lowest BCUT2D eigenvalue weighted by molar-refractivity contribution is 0.594. The number of nitrogens with zero attached hydrogens (tertiary/aromatic N) is 1. The fourth-order valence-corrected chi connectivity index (χ4v) is 2.45. The Labute approximate surface area is 82.5 Å². The van der Waals surface area contributed by atoms with Crippen molar-refractivity contribution in [1.29, 1.82) is 0 Å². The monoisotopic (exact) mass is 213 g/mol. The van der Waals surface area contributed by atoms with Crippen LogP contribution in [0.2, 0.25) is 0 Å². The maximum Gasteiger partial charge on any atom is 0.299 e. The van der Waals surface area contributed by atoms with Crippen LogP contribution in [-0.4, -0.2) is 15.0 Å². The van der Waals surface area contributed by atoms with E-state index in [0.29, 0.717) is 24.3 Å². The third kappa shape index (κ3) is 1.42. The van der Waals surface area contributed by atoms with Crippen LogP contribution in [0.1, 0.15) is 5.56 Å². The minimum atomic E-state index is -3.64. The van der Waals surface area contributed by atoms with E-state index >= 15 is 0 Å². The molecule has 0 bridgehead atoms. The summed E-state index contributed by atoms with van der Waals surface area (Å²) >= 11 is 0. The number of nitrogen functional groups attached to an aromatic ring is 1. The molecule has 1 aromatic carbocycles. The molecule has 1 heterocycles. The molecule has 0 radical (unpaired) electrons. The van der Waals surface area contributed by atoms with E-state index in [4.69, 9.17) is 10.9 Å². The summed E-state index contributed by atoms with van der Waals surface area (Å²) in [6.07, 6.45) is 0.663. The van der Waals surface area contributed by atoms with Crippen LogP contribution in [0.4, 0.5) is 11.4 Å². The topological polar surface area (TPSA) is 89.4 Å². The van der Waals surface area contributed by atoms with Gasteiger partial charge in [0.25, 0.3) is 10.2 Å². The van der Waals surface area contributed by atoms with Crippen LogP contribution >= 0.6 is 0 Å². The molecular formula is C8H11N3O2S. The van der Waals surface area contributed by atoms with E-state index < -0.39 is 10.2 Å². The van der Waals surface area contributed by atoms with Gasteiger partial charge in [0, 0.05) is 12.2 Å². The number of nitrogens with two attached hydrogens (primary N) is 2. The second-order valence-electron chi connectivity index (χ2n) is 3.26. The van der Waals surface area contributed by atoms with Gasteiger partial charge in [-0.1, -0.05) is 0 Å². The lowest BCUT2D eigenvalue weighted by Crippen LogP contribution is -2.35. The highest BCUT2D eigenvalue weighted by atomic mass is 32.2. The maximum atomic E-state index is 11.2. The maximum absolute atomic E-state index is 11.2. The van der Waals surface area contributed by atoms with Crippen molar-refractivity contribution in [3.05, 3.63) is 23.8 Å². The molecule has 1 aromatic rings. The third-order valence-electron chi connectivity index (χ3n) is 2.26. The Bertz CT molecular complexity index is 469. The molecule has 0 aromatic heterocycles. The molecule has 0 fully saturated rings. The van der Waals surface area contributed by atoms with Gasteiger partial charge in [-0.05, 0) is 30.2 Å². The molecular weight excluding hydrogens is 202 g/mol. The van der Waals surface area contributed by atoms with Gasteiger partial charge in [-0.3, -0.25) is 4.31 Å². The van der Waals surface area contributed by atoms with Crippen molar-refractivity contribution in [3.63, 3.8) is 0 Å². The van der Waals surface area contributed by atoms with Crippen LogP contribution < -0.4 is 15.2 Å². The largest absolute Gasteiger partial charge is 0.399 e. The summed E-state index contributed by atoms with van der Waals surface area (Å²) in [5, 5.41) is 5.06. The summed E-state index contributed by atoms with van der Waals surface area (Å²) < 4.78 is 23.5. The highest BCUT2D eigenvalue weighted by Gasteiger charge is 2.26. The quantitative estimate of drug-likeness (QED) is 0.635. The van der Waals surface area contributed by atoms with E-state index in [-0.39, 0.29) is 0 Å². The summed E-state index contributed by atoms with van der Waals surface area (Å²) in [4.78, 5) is 0. The van der Waals surface area contributed by atoms with Gasteiger partial charge < -0.3 is 5.73 Å². The molecule has 6 heteroatoms. The molecule has 0 atom stereocenters. The van der Waals surface area contributed by atoms with E-state index in [1.807, 2.05) is 0 Å². The normalized spacial score (nSPS) is 15.6. The van der Waals surface area contributed by atoms with Crippen LogP contribution in [0, 0.1) is 0 Å². The van der Waals surface area contributed by atoms with Crippen molar-refractivity contribution in [1.82, 2.24) is 0 Å². The molecule has 0 amide bonds. The molecule has 0 saturated heterocycles. The van der Waals surface area contributed by atoms with Crippen molar-refractivity contribution in [2.45, 2.75) is 6.42 Å². The minimum absolute atomic E-state index is 0.400. The van der Waals surface area contributed by atoms with Gasteiger partial charge in [0.1, 0.15) is 0 Å². The van der Waals surface area contributed by atoms with Crippen molar-refractivity contribution < 1.29 is 8.42 Å². The first kappa shape index (κ1) is 9.29. The smallest absolute Gasteiger partial charge is 0.299 e. The van der Waals surface area contributed by atoms with E-state index in [9.17, 15) is 8.42 Å². The predicted molar refractivity (Wildman–Crippen MR) is 55.0 cm³/mol. The number of benzene rings is 1. The molecule has 76 valence electrons. The lowest BCUT2D eigenvalue weighted by Gasteiger charge is -2.15. The van der Waals surface area contributed by atoms with Crippen molar-refractivity contribution in [3.8, 4) is 0 Å². The van der Waals surface area contributed by atoms with Gasteiger partial charge >= 0.3 is 0 Å². The van der Waals surface area contributed by atoms with Crippen LogP contribution in [0.3, 0.4) is 0 Å². The Kier molecular flexibility index (Phi) is 1.90. The average Bonchev–Trinajstić information content (AvgIpc) is 2.45. The SMILES string of the molecule is Nc1ccc2c(c1)CCN2S(N)(=O)=O. The Hall–Kier alpha value is -1.27. The molecule has 1 aliphatic heterocycles. The first-order valence-corrected chi connectivity index (χ1v) is 5.67. The Morgan fingerprint density at radius 2 is 2.07 bits per heavy atom. The lowest BCUT2D eigenvalue weighted by atomic mass is 10.1. The Morgan fingerprint density at radius 3 is 2.71 bits per heavy atom. The fourth-order valence-electron chi connectivity index (χ4n) is 1.66. The number of rotatable bonds is 1. The van der Waals surface area contributed by atoms with Crippen molar-refractivity contribution in [2.75, 3.05) is 16.6 Å². The molecule has 4 N–H and O–H groups in total. The Balaban J connectivity index is 2.51. The standard InChI is InChI=1S/C8H11N3O2S/c9-7-1-2-8-6(5-7)3-4-11(8)14(10,12)13/h1-2,5H,3-4,9H2,(H2,10,12,13). The van der Waals surface area contributed by atoms with Crippen LogP contribution in [0.15, 0.2) is 18.2 Å². The van der Waals surface area contributed by atoms with Gasteiger partial charge in [0.2, 0.25) is 0 Å². The van der Waals surface area contributed by atoms with Gasteiger partial charge in [-0.2, -0.15) is 8.42 Å². The molecule has 0 unspecified atom stereocenters. The molecule has 0 aliphatic carbocycles. The third-order valence-corrected chi connectivity index (χ3v) is 3.26. The van der Waals surface area contributed by atoms with Crippen LogP contribution in [0.25, 0.3) is 0 Å². The second-order valence-corrected chi connectivity index (χ2v) is 4.73. The summed E-state index contributed by atoms with van der Waals surface area (Å²) in [5.74, 6) is 0. The number of hydrogen-bond acceptors (Lipinski definition) is 3. The molecule has 2 rings (SSSR count). The molecule has 0 spiro atoms. The number of fused-ring (bicyclic) bond motifs is 1. The van der Waals surface area contributed by atoms with Gasteiger partial charge in [-0.15, -0.1) is 0 Å². The van der Waals surface area contributed by atoms with Crippen LogP contribution in [-0.2, 0) is 16.6 Å². The average molecular weight is 213 g/mol. The first-order valence-electron chi connectivity index (χ1n) is 4.17. The van der Waals surface area contributed by atoms with Gasteiger partial charge in [0.05, 0.1) is 5.69 Å². The molecule has 14 heavy (non-hydrogen) atoms. The second kappa shape index (κ2) is 2.86. The predicted octanol–water partition coefficient (Wildman–Crippen LogP) is -0.165. The first-order chi connectivity index (χ1) is 6.48. The molecule has 5 nitrogen and oxygen atoms in total. The summed E-state index contributed by atoms with van der Waals surface area (Å²) in [7, 11) is -3.64. The van der Waals surface area contributed by atoms with Crippen molar-refractivity contribution >= 4 is 21.6 Å². The molecule has 1 aliphatic rings. The van der Waals surface area contributed by atoms with Crippen LogP contribution in [0.5, 0.6) is 0 Å².